The Morgan fingerprint density at radius 1 is 1.27 bits per heavy atom. The molecule has 0 saturated carbocycles. The molecule has 1 N–H and O–H groups in total. The average Bonchev–Trinajstić information content (AvgIpc) is 1.97. The highest BCUT2D eigenvalue weighted by Gasteiger charge is 2.45. The molecule has 0 radical (unpaired) electrons. The minimum atomic E-state index is -4.55. The highest BCUT2D eigenvalue weighted by molar-refractivity contribution is 5.98. The molecule has 0 saturated heterocycles. The van der Waals surface area contributed by atoms with Crippen molar-refractivity contribution in [2.45, 2.75) is 32.9 Å². The van der Waals surface area contributed by atoms with Crippen molar-refractivity contribution in [3.8, 4) is 0 Å². The second-order valence-corrected chi connectivity index (χ2v) is 4.54. The molecule has 1 aliphatic rings. The molecule has 2 nitrogen and oxygen atoms in total. The molecule has 0 bridgehead atoms. The first-order valence-electron chi connectivity index (χ1n) is 4.69. The van der Waals surface area contributed by atoms with Crippen LogP contribution in [0.4, 0.5) is 13.2 Å². The van der Waals surface area contributed by atoms with Gasteiger partial charge in [-0.1, -0.05) is 13.8 Å². The zero-order chi connectivity index (χ0) is 11.9. The van der Waals surface area contributed by atoms with Crippen molar-refractivity contribution in [1.82, 2.24) is 5.32 Å². The van der Waals surface area contributed by atoms with Crippen LogP contribution >= 0.6 is 0 Å². The van der Waals surface area contributed by atoms with Gasteiger partial charge in [-0.15, -0.1) is 0 Å². The molecule has 1 aliphatic carbocycles. The third kappa shape index (κ3) is 2.52. The number of carbonyl (C=O) groups excluding carboxylic acids is 1. The van der Waals surface area contributed by atoms with E-state index in [2.05, 4.69) is 5.32 Å². The van der Waals surface area contributed by atoms with Gasteiger partial charge in [-0.05, 0) is 11.8 Å². The number of rotatable bonds is 1. The van der Waals surface area contributed by atoms with Gasteiger partial charge < -0.3 is 5.32 Å². The number of ketones is 1. The lowest BCUT2D eigenvalue weighted by Crippen LogP contribution is -2.35. The van der Waals surface area contributed by atoms with Gasteiger partial charge in [0.15, 0.2) is 5.78 Å². The van der Waals surface area contributed by atoms with Crippen LogP contribution in [0.1, 0.15) is 26.7 Å². The first-order chi connectivity index (χ1) is 6.67. The van der Waals surface area contributed by atoms with Crippen LogP contribution in [0.25, 0.3) is 0 Å². The van der Waals surface area contributed by atoms with E-state index in [9.17, 15) is 18.0 Å². The van der Waals surface area contributed by atoms with Gasteiger partial charge in [0.2, 0.25) is 0 Å². The second kappa shape index (κ2) is 3.54. The molecule has 0 aromatic heterocycles. The maximum atomic E-state index is 12.6. The summed E-state index contributed by atoms with van der Waals surface area (Å²) in [5.74, 6) is -0.817. The highest BCUT2D eigenvalue weighted by Crippen LogP contribution is 2.41. The summed E-state index contributed by atoms with van der Waals surface area (Å²) in [6.07, 6.45) is -4.34. The Morgan fingerprint density at radius 3 is 2.20 bits per heavy atom. The summed E-state index contributed by atoms with van der Waals surface area (Å²) >= 11 is 0. The van der Waals surface area contributed by atoms with Gasteiger partial charge in [-0.3, -0.25) is 4.79 Å². The van der Waals surface area contributed by atoms with E-state index in [1.165, 1.54) is 7.05 Å². The Bertz CT molecular complexity index is 315. The monoisotopic (exact) mass is 221 g/mol. The fourth-order valence-corrected chi connectivity index (χ4v) is 1.86. The normalized spacial score (nSPS) is 21.9. The van der Waals surface area contributed by atoms with E-state index in [0.29, 0.717) is 0 Å². The third-order valence-electron chi connectivity index (χ3n) is 2.46. The van der Waals surface area contributed by atoms with Crippen LogP contribution in [0, 0.1) is 5.41 Å². The largest absolute Gasteiger partial charge is 0.421 e. The molecule has 1 rings (SSSR count). The van der Waals surface area contributed by atoms with E-state index in [1.807, 2.05) is 0 Å². The first-order valence-corrected chi connectivity index (χ1v) is 4.69. The Kier molecular flexibility index (Phi) is 2.85. The number of alkyl halides is 3. The Hall–Kier alpha value is -1.00. The van der Waals surface area contributed by atoms with Crippen LogP contribution in [-0.2, 0) is 4.79 Å². The third-order valence-corrected chi connectivity index (χ3v) is 2.46. The maximum Gasteiger partial charge on any atom is 0.421 e. The van der Waals surface area contributed by atoms with Gasteiger partial charge in [0.05, 0.1) is 0 Å². The molecule has 0 fully saturated rings. The lowest BCUT2D eigenvalue weighted by atomic mass is 9.75. The van der Waals surface area contributed by atoms with E-state index in [0.717, 1.165) is 0 Å². The predicted molar refractivity (Wildman–Crippen MR) is 50.2 cm³/mol. The summed E-state index contributed by atoms with van der Waals surface area (Å²) in [7, 11) is 1.41. The standard InChI is InChI=1S/C10H14F3NO/c1-9(2)4-6(14-3)8(7(15)5-9)10(11,12)13/h14H,4-5H2,1-3H3. The van der Waals surface area contributed by atoms with Crippen LogP contribution in [0.15, 0.2) is 11.3 Å². The lowest BCUT2D eigenvalue weighted by Gasteiger charge is -2.32. The molecule has 0 amide bonds. The van der Waals surface area contributed by atoms with Gasteiger partial charge in [0.1, 0.15) is 5.57 Å². The van der Waals surface area contributed by atoms with Crippen molar-refractivity contribution in [3.05, 3.63) is 11.3 Å². The fraction of sp³-hybridized carbons (Fsp3) is 0.700. The van der Waals surface area contributed by atoms with Crippen molar-refractivity contribution in [1.29, 1.82) is 0 Å². The highest BCUT2D eigenvalue weighted by atomic mass is 19.4. The van der Waals surface area contributed by atoms with Crippen molar-refractivity contribution in [2.24, 2.45) is 5.41 Å². The van der Waals surface area contributed by atoms with Crippen LogP contribution in [0.2, 0.25) is 0 Å². The summed E-state index contributed by atoms with van der Waals surface area (Å²) in [5.41, 5.74) is -1.41. The molecular weight excluding hydrogens is 207 g/mol. The van der Waals surface area contributed by atoms with E-state index in [-0.39, 0.29) is 18.5 Å². The zero-order valence-corrected chi connectivity index (χ0v) is 8.96. The maximum absolute atomic E-state index is 12.6. The van der Waals surface area contributed by atoms with Gasteiger partial charge in [-0.2, -0.15) is 13.2 Å². The molecule has 15 heavy (non-hydrogen) atoms. The smallest absolute Gasteiger partial charge is 0.391 e. The summed E-state index contributed by atoms with van der Waals surface area (Å²) in [6.45, 7) is 3.57. The molecular formula is C10H14F3NO. The lowest BCUT2D eigenvalue weighted by molar-refractivity contribution is -0.132. The second-order valence-electron chi connectivity index (χ2n) is 4.54. The number of halogens is 3. The van der Waals surface area contributed by atoms with Crippen LogP contribution in [-0.4, -0.2) is 19.0 Å². The Labute approximate surface area is 86.5 Å². The van der Waals surface area contributed by atoms with Crippen molar-refractivity contribution < 1.29 is 18.0 Å². The zero-order valence-electron chi connectivity index (χ0n) is 8.96. The Morgan fingerprint density at radius 2 is 1.80 bits per heavy atom. The summed E-state index contributed by atoms with van der Waals surface area (Å²) in [4.78, 5) is 11.4. The summed E-state index contributed by atoms with van der Waals surface area (Å²) in [5, 5.41) is 2.49. The number of Topliss-reactive ketones (excluding diaryl/α,β-unsaturated/α-hetero) is 1. The average molecular weight is 221 g/mol. The fourth-order valence-electron chi connectivity index (χ4n) is 1.86. The Balaban J connectivity index is 3.19. The first kappa shape index (κ1) is 12.1. The molecule has 0 heterocycles. The minimum absolute atomic E-state index is 0.00347. The number of allylic oxidation sites excluding steroid dienone is 2. The topological polar surface area (TPSA) is 29.1 Å². The SMILES string of the molecule is CNC1=C(C(F)(F)F)C(=O)CC(C)(C)C1. The van der Waals surface area contributed by atoms with E-state index >= 15 is 0 Å². The van der Waals surface area contributed by atoms with Gasteiger partial charge in [-0.25, -0.2) is 0 Å². The van der Waals surface area contributed by atoms with E-state index < -0.39 is 22.9 Å². The molecule has 86 valence electrons. The minimum Gasteiger partial charge on any atom is -0.391 e. The molecule has 0 unspecified atom stereocenters. The molecule has 0 aromatic carbocycles. The van der Waals surface area contributed by atoms with Crippen LogP contribution < -0.4 is 5.32 Å². The summed E-state index contributed by atoms with van der Waals surface area (Å²) in [6, 6.07) is 0. The van der Waals surface area contributed by atoms with Gasteiger partial charge >= 0.3 is 6.18 Å². The molecule has 0 aromatic rings. The van der Waals surface area contributed by atoms with E-state index in [4.69, 9.17) is 0 Å². The van der Waals surface area contributed by atoms with E-state index in [1.54, 1.807) is 13.8 Å². The number of hydrogen-bond acceptors (Lipinski definition) is 2. The molecule has 0 atom stereocenters. The number of nitrogens with one attached hydrogen (secondary N) is 1. The molecule has 0 spiro atoms. The quantitative estimate of drug-likeness (QED) is 0.736. The van der Waals surface area contributed by atoms with Crippen molar-refractivity contribution >= 4 is 5.78 Å². The van der Waals surface area contributed by atoms with Gasteiger partial charge in [0, 0.05) is 19.2 Å². The summed E-state index contributed by atoms with van der Waals surface area (Å²) < 4.78 is 37.7. The van der Waals surface area contributed by atoms with Crippen LogP contribution in [0.3, 0.4) is 0 Å². The number of carbonyl (C=O) groups is 1. The van der Waals surface area contributed by atoms with Crippen molar-refractivity contribution in [3.63, 3.8) is 0 Å². The predicted octanol–water partition coefficient (Wildman–Crippen LogP) is 2.41. The van der Waals surface area contributed by atoms with Gasteiger partial charge in [0.25, 0.3) is 0 Å². The van der Waals surface area contributed by atoms with Crippen molar-refractivity contribution in [2.75, 3.05) is 7.05 Å². The molecule has 5 heteroatoms. The van der Waals surface area contributed by atoms with Crippen LogP contribution in [0.5, 0.6) is 0 Å². The number of hydrogen-bond donors (Lipinski definition) is 1. The molecule has 0 aliphatic heterocycles.